The number of hydrogen-bond donors (Lipinski definition) is 0. The minimum absolute atomic E-state index is 0. The van der Waals surface area contributed by atoms with Crippen LogP contribution in [-0.4, -0.2) is 17.1 Å². The van der Waals surface area contributed by atoms with Crippen molar-refractivity contribution in [3.63, 3.8) is 0 Å². The molecule has 0 aromatic carbocycles. The first-order chi connectivity index (χ1) is 4.41. The molecule has 0 aliphatic heterocycles. The van der Waals surface area contributed by atoms with E-state index in [9.17, 15) is 0 Å². The molecule has 0 amide bonds. The number of unbranched alkanes of at least 4 members (excludes halogenated alkanes) is 6. The van der Waals surface area contributed by atoms with Crippen LogP contribution in [-0.2, 0) is 0 Å². The van der Waals surface area contributed by atoms with Gasteiger partial charge in [0.25, 0.3) is 0 Å². The molecular weight excluding hydrogens is 187 g/mol. The Morgan fingerprint density at radius 2 is 0.900 bits per heavy atom. The second-order valence-corrected chi connectivity index (χ2v) is 2.77. The summed E-state index contributed by atoms with van der Waals surface area (Å²) in [7, 11) is 0. The molecule has 64 valence electrons. The molecule has 0 aliphatic rings. The normalized spacial score (nSPS) is 9.00. The first-order valence-corrected chi connectivity index (χ1v) is 4.41. The summed E-state index contributed by atoms with van der Waals surface area (Å²) in [6.45, 7) is 4.53. The van der Waals surface area contributed by atoms with E-state index in [1.165, 1.54) is 44.9 Å². The van der Waals surface area contributed by atoms with E-state index in [4.69, 9.17) is 0 Å². The van der Waals surface area contributed by atoms with Crippen LogP contribution in [0.1, 0.15) is 58.8 Å². The predicted octanol–water partition coefficient (Wildman–Crippen LogP) is 2.84. The molecular formula is C9H22Se. The second-order valence-electron chi connectivity index (χ2n) is 2.77. The Labute approximate surface area is 76.3 Å². The van der Waals surface area contributed by atoms with Crippen molar-refractivity contribution in [3.8, 4) is 0 Å². The van der Waals surface area contributed by atoms with Crippen molar-refractivity contribution in [2.24, 2.45) is 0 Å². The van der Waals surface area contributed by atoms with Crippen molar-refractivity contribution in [1.82, 2.24) is 0 Å². The predicted molar refractivity (Wildman–Crippen MR) is 52.2 cm³/mol. The molecule has 0 nitrogen and oxygen atoms in total. The van der Waals surface area contributed by atoms with Gasteiger partial charge >= 0.3 is 17.1 Å². The number of hydrogen-bond acceptors (Lipinski definition) is 0. The maximum atomic E-state index is 2.26. The third-order valence-electron chi connectivity index (χ3n) is 1.71. The van der Waals surface area contributed by atoms with Crippen molar-refractivity contribution < 1.29 is 0 Å². The van der Waals surface area contributed by atoms with E-state index in [1.54, 1.807) is 0 Å². The molecule has 0 spiro atoms. The van der Waals surface area contributed by atoms with Gasteiger partial charge < -0.3 is 0 Å². The molecule has 0 N–H and O–H groups in total. The first-order valence-electron chi connectivity index (χ1n) is 4.41. The monoisotopic (exact) mass is 210 g/mol. The Balaban J connectivity index is 0. The average Bonchev–Trinajstić information content (AvgIpc) is 1.89. The van der Waals surface area contributed by atoms with Crippen molar-refractivity contribution in [3.05, 3.63) is 0 Å². The fraction of sp³-hybridized carbons (Fsp3) is 1.00. The summed E-state index contributed by atoms with van der Waals surface area (Å²) in [6, 6.07) is 0. The van der Waals surface area contributed by atoms with Gasteiger partial charge in [0.05, 0.1) is 0 Å². The molecule has 0 atom stereocenters. The molecule has 0 heterocycles. The SMILES string of the molecule is CCCCCCCCC.[SeH2]. The molecule has 1 heteroatoms. The van der Waals surface area contributed by atoms with Gasteiger partial charge in [0.2, 0.25) is 0 Å². The first kappa shape index (κ1) is 13.1. The molecule has 0 radical (unpaired) electrons. The summed E-state index contributed by atoms with van der Waals surface area (Å²) in [5, 5.41) is 0. The molecule has 0 bridgehead atoms. The van der Waals surface area contributed by atoms with Crippen LogP contribution < -0.4 is 0 Å². The molecule has 0 rings (SSSR count). The zero-order chi connectivity index (χ0) is 6.95. The molecule has 0 fully saturated rings. The summed E-state index contributed by atoms with van der Waals surface area (Å²) in [5.41, 5.74) is 0. The van der Waals surface area contributed by atoms with E-state index >= 15 is 0 Å². The van der Waals surface area contributed by atoms with E-state index in [0.29, 0.717) is 0 Å². The fourth-order valence-electron chi connectivity index (χ4n) is 1.03. The Hall–Kier alpha value is 0.519. The van der Waals surface area contributed by atoms with Crippen LogP contribution in [0.3, 0.4) is 0 Å². The Morgan fingerprint density at radius 1 is 0.600 bits per heavy atom. The summed E-state index contributed by atoms with van der Waals surface area (Å²) in [5.74, 6) is 0. The van der Waals surface area contributed by atoms with Gasteiger partial charge in [0.1, 0.15) is 0 Å². The quantitative estimate of drug-likeness (QED) is 0.466. The third-order valence-corrected chi connectivity index (χ3v) is 1.71. The summed E-state index contributed by atoms with van der Waals surface area (Å²) in [6.07, 6.45) is 9.97. The van der Waals surface area contributed by atoms with E-state index in [-0.39, 0.29) is 17.1 Å². The van der Waals surface area contributed by atoms with Crippen molar-refractivity contribution in [1.29, 1.82) is 0 Å². The van der Waals surface area contributed by atoms with Gasteiger partial charge in [0.15, 0.2) is 0 Å². The van der Waals surface area contributed by atoms with E-state index < -0.39 is 0 Å². The van der Waals surface area contributed by atoms with Gasteiger partial charge in [-0.2, -0.15) is 0 Å². The number of rotatable bonds is 6. The topological polar surface area (TPSA) is 0 Å². The third kappa shape index (κ3) is 11.3. The zero-order valence-electron chi connectivity index (χ0n) is 7.45. The van der Waals surface area contributed by atoms with Crippen LogP contribution >= 0.6 is 0 Å². The standard InChI is InChI=1S/C9H20.H2Se/c1-3-5-7-9-8-6-4-2;/h3-9H2,1-2H3;1H2. The van der Waals surface area contributed by atoms with Gasteiger partial charge in [-0.25, -0.2) is 0 Å². The Kier molecular flexibility index (Phi) is 16.0. The Morgan fingerprint density at radius 3 is 1.20 bits per heavy atom. The van der Waals surface area contributed by atoms with Crippen LogP contribution in [0, 0.1) is 0 Å². The van der Waals surface area contributed by atoms with Crippen molar-refractivity contribution >= 4 is 17.1 Å². The molecule has 0 aromatic heterocycles. The van der Waals surface area contributed by atoms with Gasteiger partial charge in [-0.05, 0) is 0 Å². The zero-order valence-corrected chi connectivity index (χ0v) is 9.55. The molecule has 10 heavy (non-hydrogen) atoms. The molecule has 0 saturated heterocycles. The van der Waals surface area contributed by atoms with Crippen LogP contribution in [0.5, 0.6) is 0 Å². The van der Waals surface area contributed by atoms with Crippen molar-refractivity contribution in [2.75, 3.05) is 0 Å². The molecule has 0 aromatic rings. The summed E-state index contributed by atoms with van der Waals surface area (Å²) >= 11 is 0. The van der Waals surface area contributed by atoms with Crippen molar-refractivity contribution in [2.45, 2.75) is 58.8 Å². The van der Waals surface area contributed by atoms with Crippen LogP contribution in [0.2, 0.25) is 0 Å². The van der Waals surface area contributed by atoms with Crippen LogP contribution in [0.15, 0.2) is 0 Å². The van der Waals surface area contributed by atoms with E-state index in [1.807, 2.05) is 0 Å². The van der Waals surface area contributed by atoms with E-state index in [0.717, 1.165) is 0 Å². The molecule has 0 unspecified atom stereocenters. The summed E-state index contributed by atoms with van der Waals surface area (Å²) in [4.78, 5) is 0. The molecule has 0 aliphatic carbocycles. The maximum absolute atomic E-state index is 2.26. The van der Waals surface area contributed by atoms with Gasteiger partial charge in [-0.1, -0.05) is 58.8 Å². The van der Waals surface area contributed by atoms with E-state index in [2.05, 4.69) is 13.8 Å². The fourth-order valence-corrected chi connectivity index (χ4v) is 1.03. The second kappa shape index (κ2) is 12.2. The van der Waals surface area contributed by atoms with Gasteiger partial charge in [0, 0.05) is 0 Å². The van der Waals surface area contributed by atoms with Gasteiger partial charge in [-0.3, -0.25) is 0 Å². The Bertz CT molecular complexity index is 38.0. The minimum atomic E-state index is 0. The summed E-state index contributed by atoms with van der Waals surface area (Å²) < 4.78 is 0. The molecule has 0 saturated carbocycles. The average molecular weight is 209 g/mol. The van der Waals surface area contributed by atoms with Crippen LogP contribution in [0.4, 0.5) is 0 Å². The van der Waals surface area contributed by atoms with Gasteiger partial charge in [-0.15, -0.1) is 0 Å². The van der Waals surface area contributed by atoms with Crippen LogP contribution in [0.25, 0.3) is 0 Å².